The van der Waals surface area contributed by atoms with Crippen LogP contribution in [0.3, 0.4) is 0 Å². The van der Waals surface area contributed by atoms with Gasteiger partial charge in [-0.1, -0.05) is 176 Å². The first-order valence-corrected chi connectivity index (χ1v) is 24.0. The second-order valence-corrected chi connectivity index (χ2v) is 18.3. The highest BCUT2D eigenvalue weighted by Crippen LogP contribution is 2.43. The van der Waals surface area contributed by atoms with Gasteiger partial charge in [0.1, 0.15) is 5.58 Å². The highest BCUT2D eigenvalue weighted by molar-refractivity contribution is 6.22. The molecule has 4 heterocycles. The summed E-state index contributed by atoms with van der Waals surface area (Å²) in [6, 6.07) is 83.8. The van der Waals surface area contributed by atoms with Crippen LogP contribution in [0.5, 0.6) is 0 Å². The molecule has 0 radical (unpaired) electrons. The van der Waals surface area contributed by atoms with Crippen molar-refractivity contribution in [1.29, 1.82) is 0 Å². The smallest absolute Gasteiger partial charge is 0.164 e. The summed E-state index contributed by atoms with van der Waals surface area (Å²) in [5.74, 6) is 1.80. The van der Waals surface area contributed by atoms with Crippen molar-refractivity contribution in [2.75, 3.05) is 0 Å². The highest BCUT2D eigenvalue weighted by Gasteiger charge is 2.22. The number of para-hydroxylation sites is 4. The first-order valence-electron chi connectivity index (χ1n) is 24.0. The number of benzene rings is 11. The Morgan fingerprint density at radius 3 is 1.72 bits per heavy atom. The van der Waals surface area contributed by atoms with Crippen LogP contribution in [0.4, 0.5) is 0 Å². The van der Waals surface area contributed by atoms with Gasteiger partial charge in [0, 0.05) is 54.7 Å². The molecule has 0 aliphatic carbocycles. The zero-order chi connectivity index (χ0) is 46.6. The van der Waals surface area contributed by atoms with Gasteiger partial charge in [-0.2, -0.15) is 0 Å². The third kappa shape index (κ3) is 6.11. The van der Waals surface area contributed by atoms with Crippen LogP contribution in [0.25, 0.3) is 144 Å². The van der Waals surface area contributed by atoms with Crippen LogP contribution in [0.15, 0.2) is 241 Å². The molecule has 11 aromatic carbocycles. The fourth-order valence-corrected chi connectivity index (χ4v) is 11.1. The lowest BCUT2D eigenvalue weighted by Gasteiger charge is -2.11. The lowest BCUT2D eigenvalue weighted by molar-refractivity contribution is 0.666. The average molecular weight is 906 g/mol. The molecule has 0 atom stereocenters. The maximum atomic E-state index is 6.99. The van der Waals surface area contributed by atoms with Crippen molar-refractivity contribution in [3.8, 4) is 56.7 Å². The molecule has 15 rings (SSSR count). The zero-order valence-electron chi connectivity index (χ0n) is 38.2. The van der Waals surface area contributed by atoms with Crippen LogP contribution in [-0.2, 0) is 0 Å². The number of hydrogen-bond donors (Lipinski definition) is 0. The molecular formula is C65H39N5O. The van der Waals surface area contributed by atoms with E-state index < -0.39 is 0 Å². The first-order chi connectivity index (χ1) is 35.2. The van der Waals surface area contributed by atoms with Gasteiger partial charge in [-0.05, 0) is 93.3 Å². The van der Waals surface area contributed by atoms with E-state index in [1.54, 1.807) is 0 Å². The lowest BCUT2D eigenvalue weighted by atomic mass is 10.0. The number of aromatic nitrogens is 5. The summed E-state index contributed by atoms with van der Waals surface area (Å²) < 4.78 is 11.7. The molecule has 0 N–H and O–H groups in total. The predicted octanol–water partition coefficient (Wildman–Crippen LogP) is 16.9. The maximum absolute atomic E-state index is 6.99. The Hall–Kier alpha value is -9.65. The average Bonchev–Trinajstić information content (AvgIpc) is 4.11. The molecule has 6 nitrogen and oxygen atoms in total. The van der Waals surface area contributed by atoms with Crippen molar-refractivity contribution in [1.82, 2.24) is 24.1 Å². The Labute approximate surface area is 407 Å². The van der Waals surface area contributed by atoms with E-state index >= 15 is 0 Å². The van der Waals surface area contributed by atoms with E-state index in [0.717, 1.165) is 105 Å². The summed E-state index contributed by atoms with van der Waals surface area (Å²) in [7, 11) is 0. The number of hydrogen-bond acceptors (Lipinski definition) is 4. The standard InChI is InChI=1S/C65H39N5O/c1-3-15-40(16-4-1)41-29-32-43(33-30-41)63-66-64(68-65(67-63)51-24-14-27-56-60(51)49-22-10-12-26-55(49)69(56)47-19-5-2-6-20-47)46-34-31-42-35-36-59-61(52(42)38-46)50-23-13-28-57(62(50)71-59)70-54-25-11-9-21-48(54)53-37-44-17-7-8-18-45(44)39-58(53)70/h1-39H. The van der Waals surface area contributed by atoms with E-state index in [2.05, 4.69) is 240 Å². The maximum Gasteiger partial charge on any atom is 0.164 e. The molecule has 4 aromatic heterocycles. The fourth-order valence-electron chi connectivity index (χ4n) is 11.1. The molecule has 330 valence electrons. The van der Waals surface area contributed by atoms with E-state index in [1.165, 1.54) is 21.5 Å². The molecular weight excluding hydrogens is 867 g/mol. The SMILES string of the molecule is c1ccc(-c2ccc(-c3nc(-c4ccc5ccc6oc7c(-n8c9ccccc9c9cc%10ccccc%10cc98)cccc7c6c5c4)nc(-c4cccc5c4c4ccccc4n5-c4ccccc4)n3)cc2)cc1. The predicted molar refractivity (Wildman–Crippen MR) is 293 cm³/mol. The monoisotopic (exact) mass is 905 g/mol. The number of fused-ring (bicyclic) bond motifs is 12. The largest absolute Gasteiger partial charge is 0.454 e. The minimum absolute atomic E-state index is 0.589. The van der Waals surface area contributed by atoms with Gasteiger partial charge in [0.05, 0.1) is 27.8 Å². The van der Waals surface area contributed by atoms with E-state index in [0.29, 0.717) is 17.5 Å². The van der Waals surface area contributed by atoms with Gasteiger partial charge in [0.25, 0.3) is 0 Å². The van der Waals surface area contributed by atoms with Crippen LogP contribution in [-0.4, -0.2) is 24.1 Å². The third-order valence-electron chi connectivity index (χ3n) is 14.3. The summed E-state index contributed by atoms with van der Waals surface area (Å²) in [5, 5.41) is 11.3. The van der Waals surface area contributed by atoms with Gasteiger partial charge < -0.3 is 13.6 Å². The molecule has 0 bridgehead atoms. The third-order valence-corrected chi connectivity index (χ3v) is 14.3. The summed E-state index contributed by atoms with van der Waals surface area (Å²) in [5.41, 5.74) is 13.2. The van der Waals surface area contributed by atoms with E-state index in [9.17, 15) is 0 Å². The number of nitrogens with zero attached hydrogens (tertiary/aromatic N) is 5. The second-order valence-electron chi connectivity index (χ2n) is 18.3. The molecule has 0 aliphatic rings. The van der Waals surface area contributed by atoms with Crippen LogP contribution >= 0.6 is 0 Å². The molecule has 0 fully saturated rings. The Kier molecular flexibility index (Phi) is 8.56. The van der Waals surface area contributed by atoms with Gasteiger partial charge in [0.15, 0.2) is 23.1 Å². The van der Waals surface area contributed by atoms with Gasteiger partial charge in [-0.25, -0.2) is 15.0 Å². The van der Waals surface area contributed by atoms with Crippen LogP contribution in [0.1, 0.15) is 0 Å². The molecule has 0 saturated heterocycles. The van der Waals surface area contributed by atoms with Crippen LogP contribution in [0, 0.1) is 0 Å². The molecule has 15 aromatic rings. The van der Waals surface area contributed by atoms with E-state index in [1.807, 2.05) is 6.07 Å². The summed E-state index contributed by atoms with van der Waals surface area (Å²) >= 11 is 0. The highest BCUT2D eigenvalue weighted by atomic mass is 16.3. The van der Waals surface area contributed by atoms with Gasteiger partial charge in [-0.15, -0.1) is 0 Å². The Bertz CT molecular complexity index is 4620. The number of rotatable bonds is 6. The first kappa shape index (κ1) is 39.4. The summed E-state index contributed by atoms with van der Waals surface area (Å²) in [4.78, 5) is 16.0. The van der Waals surface area contributed by atoms with Gasteiger partial charge >= 0.3 is 0 Å². The quantitative estimate of drug-likeness (QED) is 0.167. The molecule has 0 aliphatic heterocycles. The summed E-state index contributed by atoms with van der Waals surface area (Å²) in [6.45, 7) is 0. The van der Waals surface area contributed by atoms with Crippen molar-refractivity contribution in [2.24, 2.45) is 0 Å². The molecule has 0 saturated carbocycles. The molecule has 0 amide bonds. The molecule has 0 spiro atoms. The van der Waals surface area contributed by atoms with Crippen molar-refractivity contribution < 1.29 is 4.42 Å². The van der Waals surface area contributed by atoms with Crippen molar-refractivity contribution >= 4 is 87.1 Å². The lowest BCUT2D eigenvalue weighted by Crippen LogP contribution is -2.01. The molecule has 6 heteroatoms. The van der Waals surface area contributed by atoms with Crippen molar-refractivity contribution in [2.45, 2.75) is 0 Å². The van der Waals surface area contributed by atoms with E-state index in [4.69, 9.17) is 19.4 Å². The second kappa shape index (κ2) is 15.4. The normalized spacial score (nSPS) is 11.9. The Morgan fingerprint density at radius 1 is 0.310 bits per heavy atom. The van der Waals surface area contributed by atoms with Crippen molar-refractivity contribution in [3.63, 3.8) is 0 Å². The van der Waals surface area contributed by atoms with Crippen LogP contribution in [0.2, 0.25) is 0 Å². The van der Waals surface area contributed by atoms with Gasteiger partial charge in [-0.3, -0.25) is 0 Å². The molecule has 0 unspecified atom stereocenters. The summed E-state index contributed by atoms with van der Waals surface area (Å²) in [6.07, 6.45) is 0. The minimum atomic E-state index is 0.589. The van der Waals surface area contributed by atoms with Crippen LogP contribution < -0.4 is 0 Å². The Morgan fingerprint density at radius 2 is 0.901 bits per heavy atom. The van der Waals surface area contributed by atoms with Crippen molar-refractivity contribution in [3.05, 3.63) is 237 Å². The fraction of sp³-hybridized carbons (Fsp3) is 0. The van der Waals surface area contributed by atoms with Gasteiger partial charge in [0.2, 0.25) is 0 Å². The molecule has 71 heavy (non-hydrogen) atoms. The van der Waals surface area contributed by atoms with E-state index in [-0.39, 0.29) is 0 Å². The number of furan rings is 1. The minimum Gasteiger partial charge on any atom is -0.454 e. The Balaban J connectivity index is 0.945. The zero-order valence-corrected chi connectivity index (χ0v) is 38.2. The topological polar surface area (TPSA) is 61.7 Å².